The standard InChI is InChI=1S/C11H6Cl2N4O3S2/c12-10-5-9(11(13)21-10)22(18,19)20-8-3-1-7(2-4-8)17-6-14-15-16-17/h1-6H. The molecular weight excluding hydrogens is 371 g/mol. The quantitative estimate of drug-likeness (QED) is 0.650. The summed E-state index contributed by atoms with van der Waals surface area (Å²) >= 11 is 12.5. The maximum absolute atomic E-state index is 12.2. The van der Waals surface area contributed by atoms with Crippen LogP contribution in [-0.2, 0) is 10.1 Å². The van der Waals surface area contributed by atoms with Crippen LogP contribution in [0, 0.1) is 0 Å². The molecule has 0 fully saturated rings. The molecule has 11 heteroatoms. The summed E-state index contributed by atoms with van der Waals surface area (Å²) in [5.74, 6) is 0.134. The molecule has 114 valence electrons. The van der Waals surface area contributed by atoms with Crippen molar-refractivity contribution in [3.05, 3.63) is 45.3 Å². The molecule has 2 aromatic heterocycles. The lowest BCUT2D eigenvalue weighted by Gasteiger charge is -2.06. The first-order valence-electron chi connectivity index (χ1n) is 5.68. The molecule has 0 N–H and O–H groups in total. The van der Waals surface area contributed by atoms with E-state index in [4.69, 9.17) is 27.4 Å². The van der Waals surface area contributed by atoms with Gasteiger partial charge in [-0.05, 0) is 40.8 Å². The number of halogens is 2. The van der Waals surface area contributed by atoms with Crippen LogP contribution in [0.1, 0.15) is 0 Å². The van der Waals surface area contributed by atoms with Crippen molar-refractivity contribution in [3.8, 4) is 11.4 Å². The second-order valence-electron chi connectivity index (χ2n) is 3.97. The Hall–Kier alpha value is -1.68. The largest absolute Gasteiger partial charge is 0.379 e. The molecular formula is C11H6Cl2N4O3S2. The van der Waals surface area contributed by atoms with E-state index in [0.717, 1.165) is 11.3 Å². The van der Waals surface area contributed by atoms with E-state index in [1.54, 1.807) is 12.1 Å². The van der Waals surface area contributed by atoms with Gasteiger partial charge in [0.2, 0.25) is 0 Å². The summed E-state index contributed by atoms with van der Waals surface area (Å²) in [6, 6.07) is 7.44. The van der Waals surface area contributed by atoms with Gasteiger partial charge in [-0.3, -0.25) is 0 Å². The van der Waals surface area contributed by atoms with E-state index in [0.29, 0.717) is 5.69 Å². The number of tetrazole rings is 1. The van der Waals surface area contributed by atoms with Gasteiger partial charge in [0.1, 0.15) is 21.3 Å². The summed E-state index contributed by atoms with van der Waals surface area (Å²) in [7, 11) is -4.04. The van der Waals surface area contributed by atoms with Crippen molar-refractivity contribution in [2.24, 2.45) is 0 Å². The number of thiophene rings is 1. The zero-order valence-electron chi connectivity index (χ0n) is 10.6. The van der Waals surface area contributed by atoms with Crippen LogP contribution in [0.4, 0.5) is 0 Å². The summed E-state index contributed by atoms with van der Waals surface area (Å²) in [6.45, 7) is 0. The zero-order valence-corrected chi connectivity index (χ0v) is 13.7. The number of nitrogens with zero attached hydrogens (tertiary/aromatic N) is 4. The number of hydrogen-bond donors (Lipinski definition) is 0. The van der Waals surface area contributed by atoms with Crippen LogP contribution < -0.4 is 4.18 Å². The lowest BCUT2D eigenvalue weighted by molar-refractivity contribution is 0.486. The summed E-state index contributed by atoms with van der Waals surface area (Å²) < 4.78 is 31.1. The number of aromatic nitrogens is 4. The fourth-order valence-electron chi connectivity index (χ4n) is 1.60. The maximum Gasteiger partial charge on any atom is 0.341 e. The van der Waals surface area contributed by atoms with Gasteiger partial charge in [0, 0.05) is 0 Å². The lowest BCUT2D eigenvalue weighted by atomic mass is 10.3. The summed E-state index contributed by atoms with van der Waals surface area (Å²) in [5.41, 5.74) is 0.659. The van der Waals surface area contributed by atoms with Crippen molar-refractivity contribution in [1.29, 1.82) is 0 Å². The van der Waals surface area contributed by atoms with Crippen LogP contribution in [0.2, 0.25) is 8.67 Å². The van der Waals surface area contributed by atoms with Crippen LogP contribution in [0.5, 0.6) is 5.75 Å². The summed E-state index contributed by atoms with van der Waals surface area (Å²) in [5, 5.41) is 10.7. The highest BCUT2D eigenvalue weighted by atomic mass is 35.5. The zero-order chi connectivity index (χ0) is 15.7. The smallest absolute Gasteiger partial charge is 0.341 e. The molecule has 0 radical (unpaired) electrons. The van der Waals surface area contributed by atoms with Gasteiger partial charge in [-0.2, -0.15) is 8.42 Å². The highest BCUT2D eigenvalue weighted by Gasteiger charge is 2.23. The van der Waals surface area contributed by atoms with E-state index in [9.17, 15) is 8.42 Å². The molecule has 7 nitrogen and oxygen atoms in total. The fourth-order valence-corrected chi connectivity index (χ4v) is 4.64. The minimum atomic E-state index is -4.04. The molecule has 0 aliphatic heterocycles. The minimum absolute atomic E-state index is 0.0512. The third-order valence-electron chi connectivity index (χ3n) is 2.55. The predicted octanol–water partition coefficient (Wildman–Crippen LogP) is 2.80. The van der Waals surface area contributed by atoms with Gasteiger partial charge in [-0.1, -0.05) is 23.2 Å². The Bertz CT molecular complexity index is 892. The molecule has 0 saturated carbocycles. The van der Waals surface area contributed by atoms with Crippen LogP contribution in [0.25, 0.3) is 5.69 Å². The van der Waals surface area contributed by atoms with E-state index in [-0.39, 0.29) is 19.3 Å². The first-order valence-corrected chi connectivity index (χ1v) is 8.66. The molecule has 3 rings (SSSR count). The van der Waals surface area contributed by atoms with Crippen LogP contribution in [0.3, 0.4) is 0 Å². The molecule has 0 bridgehead atoms. The van der Waals surface area contributed by atoms with Gasteiger partial charge in [0.05, 0.1) is 10.0 Å². The highest BCUT2D eigenvalue weighted by Crippen LogP contribution is 2.35. The average Bonchev–Trinajstić information content (AvgIpc) is 3.09. The molecule has 0 aliphatic rings. The molecule has 0 saturated heterocycles. The van der Waals surface area contributed by atoms with E-state index in [2.05, 4.69) is 15.5 Å². The SMILES string of the molecule is O=S(=O)(Oc1ccc(-n2cnnn2)cc1)c1cc(Cl)sc1Cl. The summed E-state index contributed by atoms with van der Waals surface area (Å²) in [6.07, 6.45) is 1.42. The van der Waals surface area contributed by atoms with Crippen molar-refractivity contribution < 1.29 is 12.6 Å². The van der Waals surface area contributed by atoms with Gasteiger partial charge in [0.15, 0.2) is 0 Å². The van der Waals surface area contributed by atoms with E-state index < -0.39 is 10.1 Å². The van der Waals surface area contributed by atoms with E-state index in [1.165, 1.54) is 29.2 Å². The third kappa shape index (κ3) is 3.07. The molecule has 0 atom stereocenters. The van der Waals surface area contributed by atoms with Crippen molar-refractivity contribution in [2.45, 2.75) is 4.90 Å². The van der Waals surface area contributed by atoms with Crippen LogP contribution in [-0.4, -0.2) is 28.6 Å². The molecule has 1 aromatic carbocycles. The second-order valence-corrected chi connectivity index (χ2v) is 7.77. The number of hydrogen-bond acceptors (Lipinski definition) is 7. The second kappa shape index (κ2) is 5.84. The Morgan fingerprint density at radius 3 is 2.45 bits per heavy atom. The Morgan fingerprint density at radius 1 is 1.18 bits per heavy atom. The Labute approximate surface area is 139 Å². The number of rotatable bonds is 4. The maximum atomic E-state index is 12.2. The van der Waals surface area contributed by atoms with Crippen molar-refractivity contribution in [2.75, 3.05) is 0 Å². The normalized spacial score (nSPS) is 11.5. The Balaban J connectivity index is 1.85. The topological polar surface area (TPSA) is 87.0 Å². The predicted molar refractivity (Wildman–Crippen MR) is 81.3 cm³/mol. The van der Waals surface area contributed by atoms with Gasteiger partial charge in [-0.25, -0.2) is 4.68 Å². The fraction of sp³-hybridized carbons (Fsp3) is 0. The van der Waals surface area contributed by atoms with Crippen molar-refractivity contribution in [1.82, 2.24) is 20.2 Å². The Kier molecular flexibility index (Phi) is 4.04. The summed E-state index contributed by atoms with van der Waals surface area (Å²) in [4.78, 5) is -0.159. The van der Waals surface area contributed by atoms with E-state index >= 15 is 0 Å². The molecule has 22 heavy (non-hydrogen) atoms. The Morgan fingerprint density at radius 2 is 1.91 bits per heavy atom. The molecule has 2 heterocycles. The van der Waals surface area contributed by atoms with E-state index in [1.807, 2.05) is 0 Å². The van der Waals surface area contributed by atoms with Crippen molar-refractivity contribution in [3.63, 3.8) is 0 Å². The van der Waals surface area contributed by atoms with Crippen LogP contribution >= 0.6 is 34.5 Å². The van der Waals surface area contributed by atoms with Gasteiger partial charge < -0.3 is 4.18 Å². The average molecular weight is 377 g/mol. The van der Waals surface area contributed by atoms with Gasteiger partial charge >= 0.3 is 10.1 Å². The van der Waals surface area contributed by atoms with Crippen molar-refractivity contribution >= 4 is 44.7 Å². The first kappa shape index (κ1) is 15.2. The molecule has 3 aromatic rings. The van der Waals surface area contributed by atoms with Gasteiger partial charge in [0.25, 0.3) is 0 Å². The number of benzene rings is 1. The monoisotopic (exact) mass is 376 g/mol. The lowest BCUT2D eigenvalue weighted by Crippen LogP contribution is -2.09. The first-order chi connectivity index (χ1) is 10.5. The highest BCUT2D eigenvalue weighted by molar-refractivity contribution is 7.87. The minimum Gasteiger partial charge on any atom is -0.379 e. The molecule has 0 spiro atoms. The third-order valence-corrected chi connectivity index (χ3v) is 5.55. The van der Waals surface area contributed by atoms with Gasteiger partial charge in [-0.15, -0.1) is 16.4 Å². The molecule has 0 unspecified atom stereocenters. The molecule has 0 amide bonds. The molecule has 0 aliphatic carbocycles. The van der Waals surface area contributed by atoms with Crippen LogP contribution in [0.15, 0.2) is 41.6 Å².